The van der Waals surface area contributed by atoms with Crippen LogP contribution in [0.2, 0.25) is 0 Å². The van der Waals surface area contributed by atoms with Crippen LogP contribution in [0.4, 0.5) is 0 Å². The van der Waals surface area contributed by atoms with E-state index in [-0.39, 0.29) is 31.1 Å². The predicted octanol–water partition coefficient (Wildman–Crippen LogP) is 15.1. The zero-order chi connectivity index (χ0) is 40.8. The first-order chi connectivity index (χ1) is 27.5. The van der Waals surface area contributed by atoms with Gasteiger partial charge in [-0.15, -0.1) is 0 Å². The average Bonchev–Trinajstić information content (AvgIpc) is 3.19. The zero-order valence-electron chi connectivity index (χ0n) is 36.9. The van der Waals surface area contributed by atoms with Gasteiger partial charge in [0.15, 0.2) is 6.10 Å². The summed E-state index contributed by atoms with van der Waals surface area (Å²) in [5, 5.41) is 0. The molecule has 0 aliphatic carbocycles. The van der Waals surface area contributed by atoms with E-state index in [2.05, 4.69) is 69.4 Å². The Hall–Kier alpha value is -2.63. The minimum absolute atomic E-state index is 0.0814. The molecule has 324 valence electrons. The van der Waals surface area contributed by atoms with Crippen molar-refractivity contribution in [2.75, 3.05) is 13.2 Å². The summed E-state index contributed by atoms with van der Waals surface area (Å²) in [6, 6.07) is 0. The van der Waals surface area contributed by atoms with Gasteiger partial charge in [0, 0.05) is 19.3 Å². The Labute approximate surface area is 346 Å². The smallest absolute Gasteiger partial charge is 0.306 e. The van der Waals surface area contributed by atoms with Crippen molar-refractivity contribution in [2.45, 2.75) is 239 Å². The summed E-state index contributed by atoms with van der Waals surface area (Å²) in [7, 11) is 0. The van der Waals surface area contributed by atoms with Gasteiger partial charge in [-0.05, 0) is 64.2 Å². The fraction of sp³-hybridized carbons (Fsp3) is 0.780. The van der Waals surface area contributed by atoms with Crippen molar-refractivity contribution in [2.24, 2.45) is 0 Å². The molecular weight excluding hydrogens is 697 g/mol. The van der Waals surface area contributed by atoms with Crippen LogP contribution in [0.25, 0.3) is 0 Å². The van der Waals surface area contributed by atoms with Crippen LogP contribution < -0.4 is 0 Å². The standard InChI is InChI=1S/C50H88O6/c1-4-7-10-13-16-19-22-24-25-27-28-31-34-37-40-43-49(52)55-46-47(45-54-48(51)42-39-36-33-30-21-18-15-12-9-6-3)56-50(53)44-41-38-35-32-29-26-23-20-17-14-11-8-5-2/h8,11,14,17,19-20,22-23,47H,4-7,9-10,12-13,15-16,18,21,24-46H2,1-3H3/b11-8-,17-14-,22-19-,23-20-. The molecule has 0 aromatic carbocycles. The first kappa shape index (κ1) is 53.4. The molecule has 0 saturated heterocycles. The summed E-state index contributed by atoms with van der Waals surface area (Å²) >= 11 is 0. The van der Waals surface area contributed by atoms with Gasteiger partial charge in [0.1, 0.15) is 13.2 Å². The van der Waals surface area contributed by atoms with Gasteiger partial charge < -0.3 is 14.2 Å². The summed E-state index contributed by atoms with van der Waals surface area (Å²) < 4.78 is 16.7. The number of allylic oxidation sites excluding steroid dienone is 8. The third-order valence-electron chi connectivity index (χ3n) is 10.1. The second kappa shape index (κ2) is 45.1. The molecule has 0 aliphatic rings. The van der Waals surface area contributed by atoms with E-state index in [4.69, 9.17) is 14.2 Å². The lowest BCUT2D eigenvalue weighted by Crippen LogP contribution is -2.30. The number of rotatable bonds is 42. The molecule has 0 saturated carbocycles. The highest BCUT2D eigenvalue weighted by Gasteiger charge is 2.19. The number of unbranched alkanes of at least 4 members (excludes halogenated alkanes) is 25. The summed E-state index contributed by atoms with van der Waals surface area (Å²) in [5.74, 6) is -0.907. The number of hydrogen-bond donors (Lipinski definition) is 0. The largest absolute Gasteiger partial charge is 0.462 e. The number of carbonyl (C=O) groups is 3. The van der Waals surface area contributed by atoms with Crippen molar-refractivity contribution in [3.63, 3.8) is 0 Å². The monoisotopic (exact) mass is 785 g/mol. The Balaban J connectivity index is 4.38. The van der Waals surface area contributed by atoms with E-state index < -0.39 is 6.10 Å². The van der Waals surface area contributed by atoms with Gasteiger partial charge in [-0.3, -0.25) is 14.4 Å². The Morgan fingerprint density at radius 2 is 0.714 bits per heavy atom. The Bertz CT molecular complexity index is 996. The fourth-order valence-corrected chi connectivity index (χ4v) is 6.55. The van der Waals surface area contributed by atoms with Gasteiger partial charge in [-0.2, -0.15) is 0 Å². The summed E-state index contributed by atoms with van der Waals surface area (Å²) in [4.78, 5) is 37.8. The van der Waals surface area contributed by atoms with Gasteiger partial charge >= 0.3 is 17.9 Å². The molecule has 0 aromatic rings. The molecule has 6 nitrogen and oxygen atoms in total. The molecule has 0 amide bonds. The zero-order valence-corrected chi connectivity index (χ0v) is 36.9. The predicted molar refractivity (Wildman–Crippen MR) is 238 cm³/mol. The molecule has 0 aromatic heterocycles. The van der Waals surface area contributed by atoms with Crippen LogP contribution in [-0.2, 0) is 28.6 Å². The van der Waals surface area contributed by atoms with Crippen LogP contribution in [-0.4, -0.2) is 37.2 Å². The highest BCUT2D eigenvalue weighted by atomic mass is 16.6. The molecule has 1 unspecified atom stereocenters. The SMILES string of the molecule is CC\C=C/C=C\C=C/CCCCCCCC(=O)OC(COC(=O)CCCCCCCCC/C=C\CCCCCC)COC(=O)CCCCCCCCCCCC. The van der Waals surface area contributed by atoms with Crippen molar-refractivity contribution < 1.29 is 28.6 Å². The molecule has 0 N–H and O–H groups in total. The van der Waals surface area contributed by atoms with Crippen molar-refractivity contribution in [1.29, 1.82) is 0 Å². The number of carbonyl (C=O) groups excluding carboxylic acids is 3. The second-order valence-electron chi connectivity index (χ2n) is 15.7. The molecule has 0 heterocycles. The highest BCUT2D eigenvalue weighted by Crippen LogP contribution is 2.14. The molecule has 0 radical (unpaired) electrons. The molecule has 0 aliphatic heterocycles. The van der Waals surface area contributed by atoms with Gasteiger partial charge in [-0.1, -0.05) is 198 Å². The first-order valence-electron chi connectivity index (χ1n) is 23.7. The molecule has 0 bridgehead atoms. The maximum atomic E-state index is 12.7. The maximum absolute atomic E-state index is 12.7. The Morgan fingerprint density at radius 3 is 1.14 bits per heavy atom. The van der Waals surface area contributed by atoms with Crippen LogP contribution in [0.15, 0.2) is 48.6 Å². The number of hydrogen-bond acceptors (Lipinski definition) is 6. The number of ether oxygens (including phenoxy) is 3. The minimum atomic E-state index is -0.780. The molecule has 0 rings (SSSR count). The third-order valence-corrected chi connectivity index (χ3v) is 10.1. The van der Waals surface area contributed by atoms with Crippen molar-refractivity contribution in [3.05, 3.63) is 48.6 Å². The average molecular weight is 785 g/mol. The topological polar surface area (TPSA) is 78.9 Å². The van der Waals surface area contributed by atoms with Gasteiger partial charge in [0.05, 0.1) is 0 Å². The van der Waals surface area contributed by atoms with E-state index in [0.29, 0.717) is 19.3 Å². The first-order valence-corrected chi connectivity index (χ1v) is 23.7. The summed E-state index contributed by atoms with van der Waals surface area (Å²) in [6.07, 6.45) is 52.3. The van der Waals surface area contributed by atoms with E-state index in [0.717, 1.165) is 83.5 Å². The maximum Gasteiger partial charge on any atom is 0.306 e. The van der Waals surface area contributed by atoms with Gasteiger partial charge in [0.2, 0.25) is 0 Å². The third kappa shape index (κ3) is 42.5. The quantitative estimate of drug-likeness (QED) is 0.0202. The van der Waals surface area contributed by atoms with Crippen LogP contribution in [0.3, 0.4) is 0 Å². The lowest BCUT2D eigenvalue weighted by atomic mass is 10.1. The van der Waals surface area contributed by atoms with E-state index in [1.165, 1.54) is 109 Å². The van der Waals surface area contributed by atoms with Crippen LogP contribution in [0, 0.1) is 0 Å². The van der Waals surface area contributed by atoms with E-state index in [1.807, 2.05) is 0 Å². The van der Waals surface area contributed by atoms with Gasteiger partial charge in [-0.25, -0.2) is 0 Å². The van der Waals surface area contributed by atoms with E-state index in [9.17, 15) is 14.4 Å². The van der Waals surface area contributed by atoms with Crippen molar-refractivity contribution in [1.82, 2.24) is 0 Å². The van der Waals surface area contributed by atoms with Crippen molar-refractivity contribution >= 4 is 17.9 Å². The van der Waals surface area contributed by atoms with Crippen LogP contribution >= 0.6 is 0 Å². The normalized spacial score (nSPS) is 12.4. The Morgan fingerprint density at radius 1 is 0.375 bits per heavy atom. The molecular formula is C50H88O6. The molecule has 0 fully saturated rings. The van der Waals surface area contributed by atoms with Gasteiger partial charge in [0.25, 0.3) is 0 Å². The van der Waals surface area contributed by atoms with Crippen LogP contribution in [0.1, 0.15) is 233 Å². The fourth-order valence-electron chi connectivity index (χ4n) is 6.55. The highest BCUT2D eigenvalue weighted by molar-refractivity contribution is 5.71. The van der Waals surface area contributed by atoms with E-state index >= 15 is 0 Å². The summed E-state index contributed by atoms with van der Waals surface area (Å²) in [5.41, 5.74) is 0. The lowest BCUT2D eigenvalue weighted by molar-refractivity contribution is -0.167. The number of esters is 3. The molecule has 6 heteroatoms. The molecule has 1 atom stereocenters. The Kier molecular flexibility index (Phi) is 43.0. The summed E-state index contributed by atoms with van der Waals surface area (Å²) in [6.45, 7) is 6.46. The van der Waals surface area contributed by atoms with Crippen molar-refractivity contribution in [3.8, 4) is 0 Å². The molecule has 56 heavy (non-hydrogen) atoms. The minimum Gasteiger partial charge on any atom is -0.462 e. The van der Waals surface area contributed by atoms with E-state index in [1.54, 1.807) is 0 Å². The van der Waals surface area contributed by atoms with Crippen LogP contribution in [0.5, 0.6) is 0 Å². The lowest BCUT2D eigenvalue weighted by Gasteiger charge is -2.18. The molecule has 0 spiro atoms. The second-order valence-corrected chi connectivity index (χ2v) is 15.7.